The van der Waals surface area contributed by atoms with Crippen LogP contribution in [0.15, 0.2) is 0 Å². The number of phosphoric acid groups is 5. The van der Waals surface area contributed by atoms with Crippen molar-refractivity contribution in [2.24, 2.45) is 0 Å². The molecule has 0 rings (SSSR count). The topological polar surface area (TPSA) is 431 Å². The van der Waals surface area contributed by atoms with E-state index in [0.717, 1.165) is 0 Å². The van der Waals surface area contributed by atoms with Crippen LogP contribution < -0.4 is 130 Å². The third kappa shape index (κ3) is 1010. The summed E-state index contributed by atoms with van der Waals surface area (Å²) in [5.41, 5.74) is 0. The van der Waals surface area contributed by atoms with Crippen LogP contribution in [0.4, 0.5) is 0 Å². The van der Waals surface area contributed by atoms with E-state index in [4.69, 9.17) is 96.2 Å². The first kappa shape index (κ1) is 90.0. The van der Waals surface area contributed by atoms with Crippen molar-refractivity contribution in [3.05, 3.63) is 0 Å². The van der Waals surface area contributed by atoms with Gasteiger partial charge in [-0.15, -0.1) is 0 Å². The molecule has 0 fully saturated rings. The zero-order chi connectivity index (χ0) is 22.5. The molecule has 0 atom stereocenters. The van der Waals surface area contributed by atoms with Crippen LogP contribution in [0.3, 0.4) is 0 Å². The van der Waals surface area contributed by atoms with E-state index in [2.05, 4.69) is 0 Å². The zero-order valence-corrected chi connectivity index (χ0v) is 31.0. The summed E-state index contributed by atoms with van der Waals surface area (Å²) < 4.78 is 42.7. The Morgan fingerprint density at radius 2 is 0.265 bits per heavy atom. The van der Waals surface area contributed by atoms with E-state index < -0.39 is 39.1 Å². The van der Waals surface area contributed by atoms with Crippen LogP contribution in [0.2, 0.25) is 0 Å². The van der Waals surface area contributed by atoms with Gasteiger partial charge in [0.2, 0.25) is 0 Å². The number of hydrogen-bond donors (Lipinski definition) is 0. The predicted octanol–water partition coefficient (Wildman–Crippen LogP) is -24.3. The van der Waals surface area contributed by atoms with E-state index in [-0.39, 0.29) is 221 Å². The van der Waals surface area contributed by atoms with E-state index in [0.29, 0.717) is 0 Å². The Balaban J connectivity index is -0.0000000115. The van der Waals surface area contributed by atoms with Crippen molar-refractivity contribution in [3.63, 3.8) is 0 Å². The average Bonchev–Trinajstić information content (AvgIpc) is 1.79. The van der Waals surface area contributed by atoms with Crippen LogP contribution in [0.5, 0.6) is 0 Å². The fourth-order valence-electron chi connectivity index (χ4n) is 0. The summed E-state index contributed by atoms with van der Waals surface area (Å²) in [6.07, 6.45) is 0. The minimum atomic E-state index is -5.39. The van der Waals surface area contributed by atoms with Crippen molar-refractivity contribution < 1.29 is 204 Å². The van der Waals surface area contributed by atoms with Gasteiger partial charge in [-0.3, -0.25) is 0 Å². The molecule has 0 aliphatic carbocycles. The normalized spacial score (nSPS) is 8.68. The monoisotopic (exact) mass is 784 g/mol. The molecule has 0 aromatic carbocycles. The molecule has 0 bridgehead atoms. The maximum atomic E-state index is 8.55. The molecular weight excluding hydrogens is 783 g/mol. The van der Waals surface area contributed by atoms with Gasteiger partial charge in [0.25, 0.3) is 0 Å². The molecule has 34 heavy (non-hydrogen) atoms. The first-order valence-electron chi connectivity index (χ1n) is 3.65. The van der Waals surface area contributed by atoms with Gasteiger partial charge in [0.05, 0.1) is 0 Å². The van der Waals surface area contributed by atoms with Gasteiger partial charge in [-0.2, -0.15) is 39.1 Å². The molecule has 0 aromatic heterocycles. The molecule has 34 heteroatoms. The van der Waals surface area contributed by atoms with E-state index in [1.54, 1.807) is 0 Å². The smallest absolute Gasteiger partial charge is 0.822 e. The maximum absolute atomic E-state index is 8.55. The van der Waals surface area contributed by atoms with Crippen LogP contribution in [0.25, 0.3) is 0 Å². The van der Waals surface area contributed by atoms with Crippen LogP contribution in [-0.4, -0.2) is 113 Å². The third-order valence-electron chi connectivity index (χ3n) is 0. The molecule has 0 amide bonds. The minimum Gasteiger partial charge on any atom is -0.822 e. The largest absolute Gasteiger partial charge is 2.00 e. The van der Waals surface area contributed by atoms with Gasteiger partial charge >= 0.3 is 221 Å². The van der Waals surface area contributed by atoms with Gasteiger partial charge in [0.1, 0.15) is 0 Å². The van der Waals surface area contributed by atoms with Crippen molar-refractivity contribution >= 4 is 152 Å². The molecule has 0 spiro atoms. The maximum Gasteiger partial charge on any atom is 2.00 e. The second-order valence-electron chi connectivity index (χ2n) is 2.24. The molecule has 0 unspecified atom stereocenters. The van der Waals surface area contributed by atoms with E-state index in [1.807, 2.05) is 0 Å². The SMILES string of the molecule is O=P([O-])([O-])[O-].O=P([O-])([O-])[O-].O=P([O-])([O-])[O-].O=P([O-])([O-])[O-].O=P([O-])([O-])[O-].[Ca+2].[Ca+2].[Ca+2].[Fe+2].[Fe+2].[Fe+2].[Li+].[Li+].[Li+]. The summed E-state index contributed by atoms with van der Waals surface area (Å²) in [4.78, 5) is 128. The Hall–Kier alpha value is 7.68. The quantitative estimate of drug-likeness (QED) is 0.162. The molecule has 0 aliphatic heterocycles. The second kappa shape index (κ2) is 45.1. The molecule has 0 N–H and O–H groups in total. The summed E-state index contributed by atoms with van der Waals surface area (Å²) in [5.74, 6) is 0. The van der Waals surface area contributed by atoms with Crippen LogP contribution in [-0.2, 0) is 74.0 Å². The molecule has 0 saturated heterocycles. The summed E-state index contributed by atoms with van der Waals surface area (Å²) in [7, 11) is -26.9. The van der Waals surface area contributed by atoms with Crippen molar-refractivity contribution in [1.82, 2.24) is 0 Å². The minimum absolute atomic E-state index is 0. The van der Waals surface area contributed by atoms with Gasteiger partial charge in [-0.25, -0.2) is 0 Å². The Labute approximate surface area is 349 Å². The first-order valence-corrected chi connectivity index (χ1v) is 11.0. The molecular formula is Ca3Fe3Li3O20P5. The van der Waals surface area contributed by atoms with Crippen molar-refractivity contribution in [2.45, 2.75) is 0 Å². The van der Waals surface area contributed by atoms with E-state index in [9.17, 15) is 0 Å². The van der Waals surface area contributed by atoms with Gasteiger partial charge in [-0.1, -0.05) is 0 Å². The van der Waals surface area contributed by atoms with Crippen LogP contribution >= 0.6 is 39.1 Å². The van der Waals surface area contributed by atoms with Crippen LogP contribution in [0, 0.1) is 0 Å². The fourth-order valence-corrected chi connectivity index (χ4v) is 0. The fraction of sp³-hybridized carbons (Fsp3) is 0. The Bertz CT molecular complexity index is 408. The van der Waals surface area contributed by atoms with Crippen molar-refractivity contribution in [1.29, 1.82) is 0 Å². The standard InChI is InChI=1S/3Ca.3Fe.3Li.5H3O4P/c;;;;;;;;;5*1-5(2,3)4/h;;;;;;;;;5*(H3,1,2,3,4)/q6*+2;3*+1;;;;;/p-15. The first-order chi connectivity index (χ1) is 10.0. The summed E-state index contributed by atoms with van der Waals surface area (Å²) in [6, 6.07) is 0. The second-order valence-corrected chi connectivity index (χ2v) is 6.71. The van der Waals surface area contributed by atoms with Gasteiger partial charge < -0.3 is 96.2 Å². The molecule has 0 aliphatic rings. The predicted molar refractivity (Wildman–Crippen MR) is 55.3 cm³/mol. The van der Waals surface area contributed by atoms with Gasteiger partial charge in [0.15, 0.2) is 0 Å². The Morgan fingerprint density at radius 3 is 0.265 bits per heavy atom. The number of hydrogen-bond acceptors (Lipinski definition) is 20. The molecule has 0 aromatic rings. The number of rotatable bonds is 0. The molecule has 0 heterocycles. The summed E-state index contributed by atoms with van der Waals surface area (Å²) in [6.45, 7) is 0. The Kier molecular flexibility index (Phi) is 119. The third-order valence-corrected chi connectivity index (χ3v) is 0. The van der Waals surface area contributed by atoms with Gasteiger partial charge in [0, 0.05) is 0 Å². The van der Waals surface area contributed by atoms with Crippen molar-refractivity contribution in [3.8, 4) is 0 Å². The molecule has 20 nitrogen and oxygen atoms in total. The molecule has 178 valence electrons. The average molecular weight is 783 g/mol. The van der Waals surface area contributed by atoms with Crippen molar-refractivity contribution in [2.75, 3.05) is 0 Å². The zero-order valence-electron chi connectivity index (χ0n) is 16.6. The Morgan fingerprint density at radius 1 is 0.265 bits per heavy atom. The molecule has 0 radical (unpaired) electrons. The van der Waals surface area contributed by atoms with Crippen LogP contribution in [0.1, 0.15) is 0 Å². The summed E-state index contributed by atoms with van der Waals surface area (Å²) >= 11 is 0. The van der Waals surface area contributed by atoms with Gasteiger partial charge in [-0.05, 0) is 0 Å². The van der Waals surface area contributed by atoms with E-state index >= 15 is 0 Å². The van der Waals surface area contributed by atoms with E-state index in [1.165, 1.54) is 0 Å². The molecule has 0 saturated carbocycles. The summed E-state index contributed by atoms with van der Waals surface area (Å²) in [5, 5.41) is 0.